The fraction of sp³-hybridized carbons (Fsp3) is 0.154. The van der Waals surface area contributed by atoms with Gasteiger partial charge < -0.3 is 5.73 Å². The monoisotopic (exact) mass is 232 g/mol. The molecule has 0 amide bonds. The topological polar surface area (TPSA) is 38.9 Å². The number of benzene rings is 1. The van der Waals surface area contributed by atoms with E-state index < -0.39 is 0 Å². The standard InChI is InChI=1S/C13H13ClN2/c1-8-5-11(13(15)16-7-8)10-4-3-9(2)12(14)6-10/h3-7H,1-2H3,(H2,15,16). The zero-order valence-corrected chi connectivity index (χ0v) is 10.0. The zero-order chi connectivity index (χ0) is 11.7. The molecular formula is C13H13ClN2. The lowest BCUT2D eigenvalue weighted by molar-refractivity contribution is 1.28. The summed E-state index contributed by atoms with van der Waals surface area (Å²) >= 11 is 6.09. The molecule has 16 heavy (non-hydrogen) atoms. The van der Waals surface area contributed by atoms with Crippen LogP contribution in [0.2, 0.25) is 5.02 Å². The van der Waals surface area contributed by atoms with Crippen molar-refractivity contribution in [3.63, 3.8) is 0 Å². The molecule has 0 unspecified atom stereocenters. The van der Waals surface area contributed by atoms with Crippen molar-refractivity contribution in [2.75, 3.05) is 5.73 Å². The molecule has 0 radical (unpaired) electrons. The van der Waals surface area contributed by atoms with Crippen LogP contribution in [0.15, 0.2) is 30.5 Å². The van der Waals surface area contributed by atoms with Gasteiger partial charge in [-0.05, 0) is 42.7 Å². The molecule has 3 heteroatoms. The van der Waals surface area contributed by atoms with E-state index in [1.54, 1.807) is 6.20 Å². The third kappa shape index (κ3) is 2.02. The van der Waals surface area contributed by atoms with Crippen molar-refractivity contribution >= 4 is 17.4 Å². The summed E-state index contributed by atoms with van der Waals surface area (Å²) in [6.45, 7) is 3.97. The Bertz CT molecular complexity index is 535. The number of nitrogens with two attached hydrogens (primary N) is 1. The lowest BCUT2D eigenvalue weighted by atomic mass is 10.0. The van der Waals surface area contributed by atoms with Gasteiger partial charge in [-0.2, -0.15) is 0 Å². The molecule has 1 aromatic carbocycles. The minimum absolute atomic E-state index is 0.533. The van der Waals surface area contributed by atoms with Gasteiger partial charge in [0.1, 0.15) is 5.82 Å². The number of hydrogen-bond donors (Lipinski definition) is 1. The molecule has 2 N–H and O–H groups in total. The maximum Gasteiger partial charge on any atom is 0.131 e. The first kappa shape index (κ1) is 11.0. The van der Waals surface area contributed by atoms with Crippen molar-refractivity contribution < 1.29 is 0 Å². The molecule has 0 fully saturated rings. The average molecular weight is 233 g/mol. The normalized spacial score (nSPS) is 10.4. The van der Waals surface area contributed by atoms with Gasteiger partial charge in [0.25, 0.3) is 0 Å². The summed E-state index contributed by atoms with van der Waals surface area (Å²) in [5.41, 5.74) is 9.94. The van der Waals surface area contributed by atoms with Crippen molar-refractivity contribution in [2.45, 2.75) is 13.8 Å². The van der Waals surface area contributed by atoms with Gasteiger partial charge in [0.15, 0.2) is 0 Å². The highest BCUT2D eigenvalue weighted by Gasteiger charge is 2.05. The summed E-state index contributed by atoms with van der Waals surface area (Å²) in [7, 11) is 0. The van der Waals surface area contributed by atoms with Crippen molar-refractivity contribution in [3.8, 4) is 11.1 Å². The van der Waals surface area contributed by atoms with E-state index in [0.29, 0.717) is 5.82 Å². The first-order valence-corrected chi connectivity index (χ1v) is 5.44. The van der Waals surface area contributed by atoms with E-state index in [4.69, 9.17) is 17.3 Å². The maximum absolute atomic E-state index is 6.09. The van der Waals surface area contributed by atoms with E-state index in [2.05, 4.69) is 4.98 Å². The molecule has 0 aliphatic carbocycles. The second-order valence-electron chi connectivity index (χ2n) is 3.91. The molecule has 1 aromatic heterocycles. The Morgan fingerprint density at radius 1 is 1.19 bits per heavy atom. The number of hydrogen-bond acceptors (Lipinski definition) is 2. The second kappa shape index (κ2) is 4.14. The van der Waals surface area contributed by atoms with Crippen LogP contribution >= 0.6 is 11.6 Å². The Kier molecular flexibility index (Phi) is 2.84. The van der Waals surface area contributed by atoms with E-state index >= 15 is 0 Å². The molecule has 82 valence electrons. The Morgan fingerprint density at radius 2 is 1.94 bits per heavy atom. The van der Waals surface area contributed by atoms with Crippen LogP contribution in [0.3, 0.4) is 0 Å². The van der Waals surface area contributed by atoms with Crippen LogP contribution in [0.4, 0.5) is 5.82 Å². The third-order valence-corrected chi connectivity index (χ3v) is 2.95. The molecule has 0 bridgehead atoms. The fourth-order valence-electron chi connectivity index (χ4n) is 1.57. The molecule has 0 aliphatic rings. The lowest BCUT2D eigenvalue weighted by Crippen LogP contribution is -1.94. The number of anilines is 1. The first-order valence-electron chi connectivity index (χ1n) is 5.06. The van der Waals surface area contributed by atoms with Gasteiger partial charge in [-0.1, -0.05) is 23.7 Å². The first-order chi connectivity index (χ1) is 7.58. The van der Waals surface area contributed by atoms with Crippen LogP contribution in [0.1, 0.15) is 11.1 Å². The number of halogens is 1. The van der Waals surface area contributed by atoms with E-state index in [0.717, 1.165) is 27.3 Å². The fourth-order valence-corrected chi connectivity index (χ4v) is 1.75. The van der Waals surface area contributed by atoms with Gasteiger partial charge in [-0.15, -0.1) is 0 Å². The Hall–Kier alpha value is -1.54. The highest BCUT2D eigenvalue weighted by molar-refractivity contribution is 6.31. The molecule has 0 saturated heterocycles. The Labute approximate surface area is 100 Å². The molecule has 0 spiro atoms. The van der Waals surface area contributed by atoms with Crippen molar-refractivity contribution in [2.24, 2.45) is 0 Å². The van der Waals surface area contributed by atoms with Crippen LogP contribution < -0.4 is 5.73 Å². The summed E-state index contributed by atoms with van der Waals surface area (Å²) in [4.78, 5) is 4.14. The smallest absolute Gasteiger partial charge is 0.131 e. The quantitative estimate of drug-likeness (QED) is 0.816. The third-order valence-electron chi connectivity index (χ3n) is 2.54. The minimum atomic E-state index is 0.533. The van der Waals surface area contributed by atoms with Crippen LogP contribution in [-0.2, 0) is 0 Å². The summed E-state index contributed by atoms with van der Waals surface area (Å²) < 4.78 is 0. The van der Waals surface area contributed by atoms with Crippen molar-refractivity contribution in [1.29, 1.82) is 0 Å². The molecule has 0 saturated carbocycles. The highest BCUT2D eigenvalue weighted by atomic mass is 35.5. The molecule has 2 rings (SSSR count). The number of rotatable bonds is 1. The van der Waals surface area contributed by atoms with Crippen LogP contribution in [0.25, 0.3) is 11.1 Å². The summed E-state index contributed by atoms with van der Waals surface area (Å²) in [6.07, 6.45) is 1.76. The largest absolute Gasteiger partial charge is 0.383 e. The molecular weight excluding hydrogens is 220 g/mol. The van der Waals surface area contributed by atoms with E-state index in [9.17, 15) is 0 Å². The number of aromatic nitrogens is 1. The Morgan fingerprint density at radius 3 is 2.62 bits per heavy atom. The zero-order valence-electron chi connectivity index (χ0n) is 9.29. The summed E-state index contributed by atoms with van der Waals surface area (Å²) in [5, 5.41) is 0.749. The number of nitrogens with zero attached hydrogens (tertiary/aromatic N) is 1. The predicted molar refractivity (Wildman–Crippen MR) is 68.6 cm³/mol. The van der Waals surface area contributed by atoms with Gasteiger partial charge in [0, 0.05) is 16.8 Å². The maximum atomic E-state index is 6.09. The second-order valence-corrected chi connectivity index (χ2v) is 4.32. The van der Waals surface area contributed by atoms with Gasteiger partial charge >= 0.3 is 0 Å². The van der Waals surface area contributed by atoms with Crippen molar-refractivity contribution in [3.05, 3.63) is 46.6 Å². The molecule has 0 atom stereocenters. The van der Waals surface area contributed by atoms with Gasteiger partial charge in [0.2, 0.25) is 0 Å². The van der Waals surface area contributed by atoms with E-state index in [-0.39, 0.29) is 0 Å². The average Bonchev–Trinajstić information content (AvgIpc) is 2.26. The molecule has 2 nitrogen and oxygen atoms in total. The van der Waals surface area contributed by atoms with Gasteiger partial charge in [-0.25, -0.2) is 4.98 Å². The van der Waals surface area contributed by atoms with Crippen LogP contribution in [0.5, 0.6) is 0 Å². The summed E-state index contributed by atoms with van der Waals surface area (Å²) in [5.74, 6) is 0.533. The molecule has 0 aliphatic heterocycles. The summed E-state index contributed by atoms with van der Waals surface area (Å²) in [6, 6.07) is 7.93. The van der Waals surface area contributed by atoms with Crippen LogP contribution in [0, 0.1) is 13.8 Å². The number of nitrogen functional groups attached to an aromatic ring is 1. The van der Waals surface area contributed by atoms with Crippen LogP contribution in [-0.4, -0.2) is 4.98 Å². The number of aryl methyl sites for hydroxylation is 2. The molecule has 1 heterocycles. The minimum Gasteiger partial charge on any atom is -0.383 e. The lowest BCUT2D eigenvalue weighted by Gasteiger charge is -2.07. The SMILES string of the molecule is Cc1cnc(N)c(-c2ccc(C)c(Cl)c2)c1. The number of pyridine rings is 1. The Balaban J connectivity index is 2.58. The predicted octanol–water partition coefficient (Wildman–Crippen LogP) is 3.60. The highest BCUT2D eigenvalue weighted by Crippen LogP contribution is 2.28. The molecule has 2 aromatic rings. The van der Waals surface area contributed by atoms with Gasteiger partial charge in [-0.3, -0.25) is 0 Å². The van der Waals surface area contributed by atoms with Crippen molar-refractivity contribution in [1.82, 2.24) is 4.98 Å². The van der Waals surface area contributed by atoms with E-state index in [1.165, 1.54) is 0 Å². The van der Waals surface area contributed by atoms with E-state index in [1.807, 2.05) is 38.1 Å². The van der Waals surface area contributed by atoms with Gasteiger partial charge in [0.05, 0.1) is 0 Å².